The SMILES string of the molecule is CCN(CC)c1ccc(NC(=O)CCN(CC(C)C)S(C)(=O)=O)c(C)c1. The van der Waals surface area contributed by atoms with Gasteiger partial charge in [-0.3, -0.25) is 4.79 Å². The van der Waals surface area contributed by atoms with E-state index >= 15 is 0 Å². The molecule has 1 rings (SSSR count). The third kappa shape index (κ3) is 6.96. The average Bonchev–Trinajstić information content (AvgIpc) is 2.53. The standard InChI is InChI=1S/C19H33N3O3S/c1-7-21(8-2)17-9-10-18(16(5)13-17)20-19(23)11-12-22(14-15(3)4)26(6,24)25/h9-10,13,15H,7-8,11-12,14H2,1-6H3,(H,20,23). The Morgan fingerprint density at radius 2 is 1.81 bits per heavy atom. The van der Waals surface area contributed by atoms with E-state index in [1.165, 1.54) is 10.6 Å². The molecule has 1 aromatic rings. The van der Waals surface area contributed by atoms with Crippen LogP contribution in [0.15, 0.2) is 18.2 Å². The molecule has 1 amide bonds. The van der Waals surface area contributed by atoms with Gasteiger partial charge in [-0.25, -0.2) is 12.7 Å². The second-order valence-corrected chi connectivity index (χ2v) is 8.97. The van der Waals surface area contributed by atoms with Crippen molar-refractivity contribution in [1.82, 2.24) is 4.31 Å². The molecule has 0 aliphatic rings. The zero-order valence-electron chi connectivity index (χ0n) is 16.9. The molecule has 0 aliphatic heterocycles. The van der Waals surface area contributed by atoms with E-state index in [9.17, 15) is 13.2 Å². The number of nitrogens with zero attached hydrogens (tertiary/aromatic N) is 2. The molecule has 1 N–H and O–H groups in total. The first-order valence-corrected chi connectivity index (χ1v) is 11.0. The molecular formula is C19H33N3O3S. The Kier molecular flexibility index (Phi) is 8.56. The van der Waals surface area contributed by atoms with Gasteiger partial charge >= 0.3 is 0 Å². The first-order chi connectivity index (χ1) is 12.1. The third-order valence-electron chi connectivity index (χ3n) is 4.24. The Morgan fingerprint density at radius 1 is 1.19 bits per heavy atom. The number of sulfonamides is 1. The maximum atomic E-state index is 12.3. The summed E-state index contributed by atoms with van der Waals surface area (Å²) >= 11 is 0. The van der Waals surface area contributed by atoms with Gasteiger partial charge in [0.25, 0.3) is 0 Å². The largest absolute Gasteiger partial charge is 0.372 e. The molecule has 148 valence electrons. The van der Waals surface area contributed by atoms with Gasteiger partial charge in [-0.15, -0.1) is 0 Å². The van der Waals surface area contributed by atoms with Gasteiger partial charge in [0, 0.05) is 44.0 Å². The van der Waals surface area contributed by atoms with Crippen molar-refractivity contribution in [2.75, 3.05) is 42.7 Å². The predicted octanol–water partition coefficient (Wildman–Crippen LogP) is 3.09. The number of hydrogen-bond acceptors (Lipinski definition) is 4. The molecule has 1 aromatic carbocycles. The minimum absolute atomic E-state index is 0.136. The number of aryl methyl sites for hydroxylation is 1. The lowest BCUT2D eigenvalue weighted by molar-refractivity contribution is -0.116. The molecule has 0 heterocycles. The monoisotopic (exact) mass is 383 g/mol. The van der Waals surface area contributed by atoms with E-state index in [1.54, 1.807) is 0 Å². The average molecular weight is 384 g/mol. The zero-order chi connectivity index (χ0) is 19.9. The second-order valence-electron chi connectivity index (χ2n) is 6.98. The summed E-state index contributed by atoms with van der Waals surface area (Å²) in [5.41, 5.74) is 2.89. The lowest BCUT2D eigenvalue weighted by Crippen LogP contribution is -2.35. The maximum absolute atomic E-state index is 12.3. The fraction of sp³-hybridized carbons (Fsp3) is 0.632. The molecule has 26 heavy (non-hydrogen) atoms. The zero-order valence-corrected chi connectivity index (χ0v) is 17.7. The molecule has 0 saturated carbocycles. The lowest BCUT2D eigenvalue weighted by atomic mass is 10.1. The molecule has 0 fully saturated rings. The number of carbonyl (C=O) groups excluding carboxylic acids is 1. The van der Waals surface area contributed by atoms with Crippen LogP contribution in [0.25, 0.3) is 0 Å². The predicted molar refractivity (Wildman–Crippen MR) is 109 cm³/mol. The molecule has 0 bridgehead atoms. The van der Waals surface area contributed by atoms with E-state index in [1.807, 2.05) is 32.9 Å². The van der Waals surface area contributed by atoms with Crippen LogP contribution in [0.3, 0.4) is 0 Å². The van der Waals surface area contributed by atoms with Gasteiger partial charge in [0.2, 0.25) is 15.9 Å². The Hall–Kier alpha value is -1.60. The van der Waals surface area contributed by atoms with E-state index < -0.39 is 10.0 Å². The molecule has 0 aliphatic carbocycles. The minimum Gasteiger partial charge on any atom is -0.372 e. The fourth-order valence-electron chi connectivity index (χ4n) is 2.81. The topological polar surface area (TPSA) is 69.7 Å². The van der Waals surface area contributed by atoms with Crippen molar-refractivity contribution in [2.45, 2.75) is 41.0 Å². The van der Waals surface area contributed by atoms with Crippen molar-refractivity contribution in [1.29, 1.82) is 0 Å². The first kappa shape index (κ1) is 22.4. The molecule has 0 spiro atoms. The Morgan fingerprint density at radius 3 is 2.27 bits per heavy atom. The number of hydrogen-bond donors (Lipinski definition) is 1. The quantitative estimate of drug-likeness (QED) is 0.674. The van der Waals surface area contributed by atoms with Crippen molar-refractivity contribution in [3.63, 3.8) is 0 Å². The van der Waals surface area contributed by atoms with Crippen molar-refractivity contribution in [3.05, 3.63) is 23.8 Å². The van der Waals surface area contributed by atoms with Gasteiger partial charge in [-0.2, -0.15) is 0 Å². The highest BCUT2D eigenvalue weighted by Gasteiger charge is 2.19. The third-order valence-corrected chi connectivity index (χ3v) is 5.51. The normalized spacial score (nSPS) is 11.8. The molecule has 0 atom stereocenters. The lowest BCUT2D eigenvalue weighted by Gasteiger charge is -2.23. The van der Waals surface area contributed by atoms with Crippen molar-refractivity contribution in [3.8, 4) is 0 Å². The van der Waals surface area contributed by atoms with Crippen LogP contribution in [0.5, 0.6) is 0 Å². The summed E-state index contributed by atoms with van der Waals surface area (Å²) in [4.78, 5) is 14.5. The van der Waals surface area contributed by atoms with Crippen LogP contribution in [0.2, 0.25) is 0 Å². The Bertz CT molecular complexity index is 698. The van der Waals surface area contributed by atoms with Gasteiger partial charge in [-0.05, 0) is 50.5 Å². The van der Waals surface area contributed by atoms with E-state index in [0.29, 0.717) is 6.54 Å². The molecule has 7 heteroatoms. The number of benzene rings is 1. The smallest absolute Gasteiger partial charge is 0.225 e. The fourth-order valence-corrected chi connectivity index (χ4v) is 3.80. The Labute approximate surface area is 158 Å². The van der Waals surface area contributed by atoms with Crippen molar-refractivity contribution >= 4 is 27.3 Å². The summed E-state index contributed by atoms with van der Waals surface area (Å²) in [6.07, 6.45) is 1.32. The van der Waals surface area contributed by atoms with Crippen LogP contribution in [0, 0.1) is 12.8 Å². The first-order valence-electron chi connectivity index (χ1n) is 9.19. The molecule has 0 saturated heterocycles. The van der Waals surface area contributed by atoms with Crippen LogP contribution < -0.4 is 10.2 Å². The van der Waals surface area contributed by atoms with Crippen LogP contribution in [0.1, 0.15) is 39.7 Å². The highest BCUT2D eigenvalue weighted by atomic mass is 32.2. The van der Waals surface area contributed by atoms with Gasteiger partial charge in [0.1, 0.15) is 0 Å². The number of nitrogens with one attached hydrogen (secondary N) is 1. The van der Waals surface area contributed by atoms with Crippen molar-refractivity contribution < 1.29 is 13.2 Å². The highest BCUT2D eigenvalue weighted by molar-refractivity contribution is 7.88. The van der Waals surface area contributed by atoms with Crippen molar-refractivity contribution in [2.24, 2.45) is 5.92 Å². The maximum Gasteiger partial charge on any atom is 0.225 e. The van der Waals surface area contributed by atoms with Gasteiger partial charge in [0.15, 0.2) is 0 Å². The van der Waals surface area contributed by atoms with Crippen LogP contribution in [-0.4, -0.2) is 51.1 Å². The number of amides is 1. The van der Waals surface area contributed by atoms with E-state index in [2.05, 4.69) is 30.1 Å². The minimum atomic E-state index is -3.31. The Balaban J connectivity index is 2.73. The van der Waals surface area contributed by atoms with Crippen LogP contribution in [0.4, 0.5) is 11.4 Å². The van der Waals surface area contributed by atoms with E-state index in [0.717, 1.165) is 30.0 Å². The summed E-state index contributed by atoms with van der Waals surface area (Å²) in [6, 6.07) is 5.96. The molecule has 0 aromatic heterocycles. The summed E-state index contributed by atoms with van der Waals surface area (Å²) < 4.78 is 25.0. The van der Waals surface area contributed by atoms with Crippen LogP contribution in [-0.2, 0) is 14.8 Å². The summed E-state index contributed by atoms with van der Waals surface area (Å²) in [5, 5.41) is 2.89. The summed E-state index contributed by atoms with van der Waals surface area (Å²) in [7, 11) is -3.31. The molecular weight excluding hydrogens is 350 g/mol. The molecule has 0 radical (unpaired) electrons. The summed E-state index contributed by atoms with van der Waals surface area (Å²) in [6.45, 7) is 12.6. The van der Waals surface area contributed by atoms with Gasteiger partial charge in [0.05, 0.1) is 6.26 Å². The van der Waals surface area contributed by atoms with E-state index in [4.69, 9.17) is 0 Å². The highest BCUT2D eigenvalue weighted by Crippen LogP contribution is 2.22. The summed E-state index contributed by atoms with van der Waals surface area (Å²) in [5.74, 6) is 0.0312. The van der Waals surface area contributed by atoms with E-state index in [-0.39, 0.29) is 24.8 Å². The molecule has 6 nitrogen and oxygen atoms in total. The second kappa shape index (κ2) is 9.92. The van der Waals surface area contributed by atoms with Gasteiger partial charge in [-0.1, -0.05) is 13.8 Å². The number of anilines is 2. The molecule has 0 unspecified atom stereocenters. The number of carbonyl (C=O) groups is 1. The number of rotatable bonds is 10. The van der Waals surface area contributed by atoms with Gasteiger partial charge < -0.3 is 10.2 Å². The van der Waals surface area contributed by atoms with Crippen LogP contribution >= 0.6 is 0 Å².